The van der Waals surface area contributed by atoms with Crippen molar-refractivity contribution in [1.29, 1.82) is 0 Å². The van der Waals surface area contributed by atoms with Gasteiger partial charge in [-0.25, -0.2) is 14.2 Å². The summed E-state index contributed by atoms with van der Waals surface area (Å²) in [5.74, 6) is -0.704. The molecule has 3 heterocycles. The molecule has 0 saturated heterocycles. The minimum atomic E-state index is -0.419. The third-order valence-electron chi connectivity index (χ3n) is 4.35. The maximum Gasteiger partial charge on any atom is 0.339 e. The molecule has 0 saturated carbocycles. The van der Waals surface area contributed by atoms with E-state index < -0.39 is 5.97 Å². The zero-order chi connectivity index (χ0) is 19.0. The lowest BCUT2D eigenvalue weighted by Gasteiger charge is -2.07. The number of pyridine rings is 2. The zero-order valence-electron chi connectivity index (χ0n) is 14.7. The molecular formula is C21H15FN2O2S. The Labute approximate surface area is 159 Å². The highest BCUT2D eigenvalue weighted by atomic mass is 32.1. The third kappa shape index (κ3) is 3.08. The highest BCUT2D eigenvalue weighted by molar-refractivity contribution is 7.22. The van der Waals surface area contributed by atoms with Crippen LogP contribution < -0.4 is 0 Å². The van der Waals surface area contributed by atoms with Crippen LogP contribution >= 0.6 is 11.3 Å². The minimum Gasteiger partial charge on any atom is -0.465 e. The fraction of sp³-hybridized carbons (Fsp3) is 0.0952. The molecule has 0 atom stereocenters. The molecule has 0 fully saturated rings. The Hall–Kier alpha value is -3.12. The van der Waals surface area contributed by atoms with Crippen molar-refractivity contribution in [3.63, 3.8) is 0 Å². The van der Waals surface area contributed by atoms with Crippen LogP contribution in [0.5, 0.6) is 0 Å². The first-order valence-electron chi connectivity index (χ1n) is 8.27. The summed E-state index contributed by atoms with van der Waals surface area (Å²) < 4.78 is 18.3. The second kappa shape index (κ2) is 6.89. The van der Waals surface area contributed by atoms with E-state index in [1.165, 1.54) is 30.6 Å². The number of esters is 1. The summed E-state index contributed by atoms with van der Waals surface area (Å²) in [5, 5.41) is 0.858. The Bertz CT molecular complexity index is 1140. The molecule has 0 N–H and O–H groups in total. The van der Waals surface area contributed by atoms with Crippen molar-refractivity contribution in [1.82, 2.24) is 9.97 Å². The molecule has 4 nitrogen and oxygen atoms in total. The first-order chi connectivity index (χ1) is 13.1. The lowest BCUT2D eigenvalue weighted by molar-refractivity contribution is 0.0599. The molecule has 6 heteroatoms. The van der Waals surface area contributed by atoms with Crippen LogP contribution in [-0.4, -0.2) is 23.0 Å². The van der Waals surface area contributed by atoms with E-state index in [1.807, 2.05) is 18.2 Å². The quantitative estimate of drug-likeness (QED) is 0.456. The summed E-state index contributed by atoms with van der Waals surface area (Å²) in [6.07, 6.45) is 3.44. The van der Waals surface area contributed by atoms with Crippen molar-refractivity contribution in [2.75, 3.05) is 7.11 Å². The predicted molar refractivity (Wildman–Crippen MR) is 104 cm³/mol. The number of rotatable bonds is 3. The topological polar surface area (TPSA) is 52.1 Å². The molecule has 4 aromatic rings. The molecule has 0 aliphatic rings. The van der Waals surface area contributed by atoms with Gasteiger partial charge in [-0.2, -0.15) is 0 Å². The Morgan fingerprint density at radius 3 is 2.44 bits per heavy atom. The fourth-order valence-corrected chi connectivity index (χ4v) is 4.27. The van der Waals surface area contributed by atoms with E-state index in [0.717, 1.165) is 31.8 Å². The van der Waals surface area contributed by atoms with Gasteiger partial charge >= 0.3 is 5.97 Å². The number of methoxy groups -OCH3 is 1. The van der Waals surface area contributed by atoms with Crippen LogP contribution in [0.4, 0.5) is 4.39 Å². The summed E-state index contributed by atoms with van der Waals surface area (Å²) in [4.78, 5) is 22.6. The molecule has 1 aromatic carbocycles. The second-order valence-electron chi connectivity index (χ2n) is 6.01. The number of carbonyl (C=O) groups excluding carboxylic acids is 1. The lowest BCUT2D eigenvalue weighted by Crippen LogP contribution is -2.05. The van der Waals surface area contributed by atoms with E-state index in [2.05, 4.69) is 9.97 Å². The number of aromatic nitrogens is 2. The van der Waals surface area contributed by atoms with Gasteiger partial charge in [0, 0.05) is 28.2 Å². The van der Waals surface area contributed by atoms with Crippen molar-refractivity contribution >= 4 is 27.5 Å². The van der Waals surface area contributed by atoms with Crippen LogP contribution in [0.3, 0.4) is 0 Å². The average molecular weight is 378 g/mol. The molecule has 0 spiro atoms. The molecule has 27 heavy (non-hydrogen) atoms. The largest absolute Gasteiger partial charge is 0.465 e. The highest BCUT2D eigenvalue weighted by Crippen LogP contribution is 2.44. The molecule has 0 unspecified atom stereocenters. The second-order valence-corrected chi connectivity index (χ2v) is 7.01. The van der Waals surface area contributed by atoms with Gasteiger partial charge in [-0.1, -0.05) is 12.1 Å². The summed E-state index contributed by atoms with van der Waals surface area (Å²) in [6.45, 7) is 1.79. The standard InChI is InChI=1S/C21H15FN2O2S/c1-12-16(21(25)26-2)11-17-18(13-7-9-23-10-8-13)19(27-20(17)24-12)14-3-5-15(22)6-4-14/h3-11H,1-2H3. The van der Waals surface area contributed by atoms with E-state index in [9.17, 15) is 9.18 Å². The summed E-state index contributed by atoms with van der Waals surface area (Å²) >= 11 is 1.51. The van der Waals surface area contributed by atoms with Gasteiger partial charge in [0.2, 0.25) is 0 Å². The average Bonchev–Trinajstić information content (AvgIpc) is 3.06. The number of halogens is 1. The van der Waals surface area contributed by atoms with Gasteiger partial charge in [-0.05, 0) is 48.4 Å². The van der Waals surface area contributed by atoms with Gasteiger partial charge < -0.3 is 4.74 Å². The van der Waals surface area contributed by atoms with Crippen molar-refractivity contribution in [2.45, 2.75) is 6.92 Å². The van der Waals surface area contributed by atoms with Gasteiger partial charge in [-0.15, -0.1) is 11.3 Å². The first kappa shape index (κ1) is 17.3. The van der Waals surface area contributed by atoms with Crippen LogP contribution in [0, 0.1) is 12.7 Å². The Kier molecular flexibility index (Phi) is 4.41. The number of thiophene rings is 1. The molecule has 0 radical (unpaired) electrons. The number of hydrogen-bond acceptors (Lipinski definition) is 5. The number of benzene rings is 1. The Morgan fingerprint density at radius 1 is 1.07 bits per heavy atom. The molecular weight excluding hydrogens is 363 g/mol. The van der Waals surface area contributed by atoms with Crippen molar-refractivity contribution in [3.05, 3.63) is 71.9 Å². The Morgan fingerprint density at radius 2 is 1.78 bits per heavy atom. The monoisotopic (exact) mass is 378 g/mol. The third-order valence-corrected chi connectivity index (χ3v) is 5.50. The molecule has 0 bridgehead atoms. The van der Waals surface area contributed by atoms with Gasteiger partial charge in [0.15, 0.2) is 0 Å². The predicted octanol–water partition coefficient (Wildman–Crippen LogP) is 5.26. The number of hydrogen-bond donors (Lipinski definition) is 0. The minimum absolute atomic E-state index is 0.285. The Balaban J connectivity index is 2.05. The zero-order valence-corrected chi connectivity index (χ0v) is 15.5. The first-order valence-corrected chi connectivity index (χ1v) is 9.09. The summed E-state index contributed by atoms with van der Waals surface area (Å²) in [6, 6.07) is 12.0. The number of fused-ring (bicyclic) bond motifs is 1. The van der Waals surface area contributed by atoms with Crippen molar-refractivity contribution < 1.29 is 13.9 Å². The van der Waals surface area contributed by atoms with Gasteiger partial charge in [0.05, 0.1) is 18.4 Å². The van der Waals surface area contributed by atoms with Gasteiger partial charge in [0.25, 0.3) is 0 Å². The molecule has 0 aliphatic carbocycles. The number of nitrogens with zero attached hydrogens (tertiary/aromatic N) is 2. The highest BCUT2D eigenvalue weighted by Gasteiger charge is 2.20. The van der Waals surface area contributed by atoms with Crippen LogP contribution in [-0.2, 0) is 4.74 Å². The normalized spacial score (nSPS) is 10.9. The summed E-state index contributed by atoms with van der Waals surface area (Å²) in [5.41, 5.74) is 3.84. The van der Waals surface area contributed by atoms with E-state index >= 15 is 0 Å². The molecule has 4 rings (SSSR count). The van der Waals surface area contributed by atoms with Crippen molar-refractivity contribution in [3.8, 4) is 21.6 Å². The van der Waals surface area contributed by atoms with Gasteiger partial charge in [0.1, 0.15) is 10.6 Å². The van der Waals surface area contributed by atoms with Crippen LogP contribution in [0.25, 0.3) is 31.8 Å². The smallest absolute Gasteiger partial charge is 0.339 e. The molecule has 0 aliphatic heterocycles. The maximum atomic E-state index is 13.4. The fourth-order valence-electron chi connectivity index (χ4n) is 3.04. The molecule has 0 amide bonds. The van der Waals surface area contributed by atoms with E-state index in [1.54, 1.807) is 31.5 Å². The van der Waals surface area contributed by atoms with Crippen LogP contribution in [0.2, 0.25) is 0 Å². The van der Waals surface area contributed by atoms with Crippen molar-refractivity contribution in [2.24, 2.45) is 0 Å². The molecule has 134 valence electrons. The SMILES string of the molecule is COC(=O)c1cc2c(-c3ccncc3)c(-c3ccc(F)cc3)sc2nc1C. The van der Waals surface area contributed by atoms with Crippen LogP contribution in [0.1, 0.15) is 16.1 Å². The van der Waals surface area contributed by atoms with Crippen LogP contribution in [0.15, 0.2) is 54.9 Å². The van der Waals surface area contributed by atoms with E-state index in [0.29, 0.717) is 11.3 Å². The number of ether oxygens (including phenoxy) is 1. The van der Waals surface area contributed by atoms with Gasteiger partial charge in [-0.3, -0.25) is 4.98 Å². The molecule has 3 aromatic heterocycles. The number of carbonyl (C=O) groups is 1. The lowest BCUT2D eigenvalue weighted by atomic mass is 9.99. The number of aryl methyl sites for hydroxylation is 1. The van der Waals surface area contributed by atoms with E-state index in [-0.39, 0.29) is 5.82 Å². The van der Waals surface area contributed by atoms with E-state index in [4.69, 9.17) is 4.74 Å². The summed E-state index contributed by atoms with van der Waals surface area (Å²) in [7, 11) is 1.35. The maximum absolute atomic E-state index is 13.4.